The molecule has 33 nitrogen and oxygen atoms in total. The van der Waals surface area contributed by atoms with Crippen LogP contribution in [0.1, 0.15) is 127 Å². The van der Waals surface area contributed by atoms with Crippen molar-refractivity contribution >= 4 is 49.3 Å². The number of ether oxygens (including phenoxy) is 9. The minimum absolute atomic E-state index is 0.0831. The molecule has 4 fully saturated rings. The monoisotopic (exact) mass is 1390 g/mol. The molecule has 34 heteroatoms. The van der Waals surface area contributed by atoms with Crippen LogP contribution in [0.25, 0.3) is 0 Å². The first-order valence-corrected chi connectivity index (χ1v) is 32.8. The van der Waals surface area contributed by atoms with Crippen molar-refractivity contribution in [3.8, 4) is 0 Å². The number of hydrogen-bond acceptors (Lipinski definition) is 26. The Kier molecular flexibility index (Phi) is 30.5. The van der Waals surface area contributed by atoms with Gasteiger partial charge in [0, 0.05) is 26.7 Å². The second-order valence-corrected chi connectivity index (χ2v) is 26.7. The van der Waals surface area contributed by atoms with Crippen molar-refractivity contribution in [3.63, 3.8) is 0 Å². The lowest BCUT2D eigenvalue weighted by molar-refractivity contribution is -0.362. The highest BCUT2D eigenvalue weighted by molar-refractivity contribution is 7.47. The third kappa shape index (κ3) is 23.4. The summed E-state index contributed by atoms with van der Waals surface area (Å²) in [6.45, 7) is 19.8. The Morgan fingerprint density at radius 2 is 1.25 bits per heavy atom. The molecule has 0 spiro atoms. The highest BCUT2D eigenvalue weighted by Gasteiger charge is 2.58. The number of carbonyl (C=O) groups is 7. The number of aliphatic hydroxyl groups is 7. The molecule has 5 aliphatic rings. The van der Waals surface area contributed by atoms with E-state index in [-0.39, 0.29) is 24.9 Å². The Labute approximate surface area is 555 Å². The van der Waals surface area contributed by atoms with Gasteiger partial charge in [0.1, 0.15) is 72.4 Å². The van der Waals surface area contributed by atoms with Crippen LogP contribution in [0.15, 0.2) is 70.7 Å². The number of amides is 5. The van der Waals surface area contributed by atoms with E-state index in [1.807, 2.05) is 6.92 Å². The Morgan fingerprint density at radius 1 is 0.698 bits per heavy atom. The van der Waals surface area contributed by atoms with Crippen LogP contribution in [0.5, 0.6) is 0 Å². The fraction of sp³-hybridized carbons (Fsp3) is 0.694. The molecule has 4 heterocycles. The normalized spacial score (nSPS) is 33.2. The second kappa shape index (κ2) is 36.2. The van der Waals surface area contributed by atoms with Crippen LogP contribution in [0.3, 0.4) is 0 Å². The summed E-state index contributed by atoms with van der Waals surface area (Å²) in [4.78, 5) is 99.6. The molecule has 0 aromatic heterocycles. The molecule has 1 unspecified atom stereocenters. The molecule has 1 aliphatic carbocycles. The highest BCUT2D eigenvalue weighted by atomic mass is 31.2. The van der Waals surface area contributed by atoms with E-state index in [4.69, 9.17) is 63.1 Å². The summed E-state index contributed by atoms with van der Waals surface area (Å²) in [5.74, 6) is -7.10. The van der Waals surface area contributed by atoms with Gasteiger partial charge < -0.3 is 116 Å². The molecule has 542 valence electrons. The van der Waals surface area contributed by atoms with Crippen molar-refractivity contribution in [3.05, 3.63) is 70.7 Å². The lowest BCUT2D eigenvalue weighted by Crippen LogP contribution is -2.70. The average Bonchev–Trinajstić information content (AvgIpc) is 0.855. The smallest absolute Gasteiger partial charge is 0.474 e. The average molecular weight is 1390 g/mol. The van der Waals surface area contributed by atoms with E-state index in [2.05, 4.69) is 81.5 Å². The van der Waals surface area contributed by atoms with Crippen LogP contribution in [-0.4, -0.2) is 229 Å². The maximum absolute atomic E-state index is 13.8. The number of rotatable bonds is 33. The second-order valence-electron chi connectivity index (χ2n) is 25.3. The van der Waals surface area contributed by atoms with Crippen LogP contribution in [0.4, 0.5) is 4.79 Å². The van der Waals surface area contributed by atoms with E-state index in [0.717, 1.165) is 57.1 Å². The molecular formula is C62H96N5O28P. The zero-order valence-electron chi connectivity index (χ0n) is 55.4. The summed E-state index contributed by atoms with van der Waals surface area (Å²) in [6.07, 6.45) is -23.6. The quantitative estimate of drug-likeness (QED) is 0.0319. The predicted octanol–water partition coefficient (Wildman–Crippen LogP) is 0.786. The summed E-state index contributed by atoms with van der Waals surface area (Å²) in [7, 11) is -5.66. The van der Waals surface area contributed by atoms with E-state index in [0.29, 0.717) is 12.8 Å². The first kappa shape index (κ1) is 80.8. The molecule has 0 aromatic carbocycles. The van der Waals surface area contributed by atoms with Gasteiger partial charge in [0.15, 0.2) is 61.5 Å². The van der Waals surface area contributed by atoms with E-state index in [9.17, 15) is 83.9 Å². The van der Waals surface area contributed by atoms with Gasteiger partial charge in [-0.2, -0.15) is 0 Å². The number of allylic oxidation sites excluding steroid dienone is 10. The number of phosphoric ester groups is 1. The molecule has 22 atom stereocenters. The van der Waals surface area contributed by atoms with Crippen molar-refractivity contribution in [1.29, 1.82) is 0 Å². The third-order valence-electron chi connectivity index (χ3n) is 16.4. The molecule has 16 N–H and O–H groups in total. The summed E-state index contributed by atoms with van der Waals surface area (Å²) < 4.78 is 76.0. The van der Waals surface area contributed by atoms with Crippen LogP contribution >= 0.6 is 7.82 Å². The van der Waals surface area contributed by atoms with Gasteiger partial charge in [-0.3, -0.25) is 33.0 Å². The van der Waals surface area contributed by atoms with Gasteiger partial charge in [0.25, 0.3) is 5.91 Å². The number of phosphoric acid groups is 1. The van der Waals surface area contributed by atoms with Crippen LogP contribution in [0, 0.1) is 5.41 Å². The molecule has 0 bridgehead atoms. The van der Waals surface area contributed by atoms with Crippen molar-refractivity contribution in [2.75, 3.05) is 13.2 Å². The summed E-state index contributed by atoms with van der Waals surface area (Å²) in [5.41, 5.74) is 14.9. The Morgan fingerprint density at radius 3 is 1.78 bits per heavy atom. The molecule has 5 rings (SSSR count). The van der Waals surface area contributed by atoms with E-state index in [1.54, 1.807) is 6.08 Å². The number of ketones is 1. The SMILES string of the molecule is C=C(C/C=C(\C)CCC=C(C)C)CCC(C)(C)/C=C\CC/C(C)=C\CO[C@@H](COP(=O)(O)O[C@@H]1O[C@@H](C(N)=O)[C@@H](O)[C@@H](OC(N)=O)[C@@H]1O[C@H]1O[C@@H](C)[C@H](O[C@H]2O[C@@H](C)[C@H](O[C@H]3O[C@@H](C(=O)NC4=C(O)CCC4=O)[C@@H](O)[C@@H](O)[C@@H]3O)[C@@H](O)[C@@H]2NC(C)=O)[C@@H](O)[C@@H]1NC(C)=O)C(=O)O. The highest BCUT2D eigenvalue weighted by Crippen LogP contribution is 2.48. The molecule has 0 radical (unpaired) electrons. The number of primary amides is 2. The molecule has 0 aromatic rings. The third-order valence-corrected chi connectivity index (χ3v) is 17.3. The van der Waals surface area contributed by atoms with Crippen LogP contribution in [-0.2, 0) is 85.0 Å². The predicted molar refractivity (Wildman–Crippen MR) is 333 cm³/mol. The van der Waals surface area contributed by atoms with Gasteiger partial charge >= 0.3 is 19.9 Å². The Hall–Kier alpha value is -5.92. The topological polar surface area (TPSA) is 508 Å². The fourth-order valence-corrected chi connectivity index (χ4v) is 11.7. The van der Waals surface area contributed by atoms with Crippen molar-refractivity contribution < 1.29 is 136 Å². The number of nitrogens with one attached hydrogen (secondary N) is 3. The summed E-state index contributed by atoms with van der Waals surface area (Å²) in [5, 5.41) is 94.8. The van der Waals surface area contributed by atoms with Gasteiger partial charge in [-0.05, 0) is 91.9 Å². The number of aliphatic carboxylic acids is 1. The minimum Gasteiger partial charge on any atom is -0.510 e. The number of carbonyl (C=O) groups excluding carboxylic acids is 6. The molecule has 96 heavy (non-hydrogen) atoms. The number of hydrogen-bond donors (Lipinski definition) is 14. The first-order chi connectivity index (χ1) is 44.8. The molecule has 4 saturated heterocycles. The van der Waals surface area contributed by atoms with Crippen molar-refractivity contribution in [2.24, 2.45) is 16.9 Å². The molecule has 0 saturated carbocycles. The number of Topliss-reactive ketones (excluding diaryl/α,β-unsaturated/α-hetero) is 1. The Bertz CT molecular complexity index is 2950. The van der Waals surface area contributed by atoms with Crippen molar-refractivity contribution in [2.45, 2.75) is 256 Å². The van der Waals surface area contributed by atoms with Crippen LogP contribution in [0.2, 0.25) is 0 Å². The van der Waals surface area contributed by atoms with Gasteiger partial charge in [-0.25, -0.2) is 14.2 Å². The van der Waals surface area contributed by atoms with E-state index in [1.165, 1.54) is 25.0 Å². The fourth-order valence-electron chi connectivity index (χ4n) is 10.9. The van der Waals surface area contributed by atoms with Crippen molar-refractivity contribution in [1.82, 2.24) is 16.0 Å². The molecule has 4 aliphatic heterocycles. The van der Waals surface area contributed by atoms with Crippen LogP contribution < -0.4 is 27.4 Å². The maximum Gasteiger partial charge on any atom is 0.474 e. The number of carboxylic acid groups (broad SMARTS) is 1. The lowest BCUT2D eigenvalue weighted by atomic mass is 9.85. The zero-order valence-corrected chi connectivity index (χ0v) is 56.3. The number of carboxylic acids is 1. The minimum atomic E-state index is -5.66. The summed E-state index contributed by atoms with van der Waals surface area (Å²) in [6, 6.07) is -3.52. The van der Waals surface area contributed by atoms with Gasteiger partial charge in [-0.15, -0.1) is 0 Å². The van der Waals surface area contributed by atoms with Gasteiger partial charge in [0.05, 0.1) is 25.4 Å². The number of aliphatic hydroxyl groups excluding tert-OH is 7. The molecular weight excluding hydrogens is 1290 g/mol. The van der Waals surface area contributed by atoms with Gasteiger partial charge in [-0.1, -0.05) is 73.1 Å². The maximum atomic E-state index is 13.8. The van der Waals surface area contributed by atoms with E-state index < -0.39 is 196 Å². The van der Waals surface area contributed by atoms with E-state index >= 15 is 0 Å². The summed E-state index contributed by atoms with van der Waals surface area (Å²) >= 11 is 0. The largest absolute Gasteiger partial charge is 0.510 e. The van der Waals surface area contributed by atoms with Gasteiger partial charge in [0.2, 0.25) is 17.7 Å². The first-order valence-electron chi connectivity index (χ1n) is 31.3. The number of nitrogens with two attached hydrogens (primary N) is 2. The lowest BCUT2D eigenvalue weighted by Gasteiger charge is -2.50. The standard InChI is InChI=1S/C62H96N5O28P/c1-28(2)15-14-17-29(3)18-19-31(5)22-25-62(10,11)24-13-12-16-30(4)23-26-85-38(56(80)81)27-86-96(83,84)95-60-53(50(94-61(64)82)47(77)51(91-60)54(63)78)93-58-41(66-35(9)69)42(72)48(32(6)88-58)89-57-40(65-34(8)68)43(73)49(33(7)87-57)90-59-46(76)44(74)45(75)52(92-59)55(79)67-39-36(70)20-21-37(39)71/h13,15,18,23-24,32-33,38,40-53,57-60,70,72-77H,5,12,14,16-17,19-22,25-27H2,1-4,6-11H3,(H2,63,78)(H2,64,82)(H,65,68)(H,66,69)(H,67,79)(H,80,81)(H,83,84)/b24-13-,29-18+,30-23-/t32-,33-,38-,40-,41-,42-,43-,44+,45-,46-,47-,48-,49-,50+,51+,52+,53-,57+,58+,59-,60-/m0/s1. The Balaban J connectivity index is 1.26. The molecule has 5 amide bonds. The zero-order chi connectivity index (χ0) is 71.8.